The Morgan fingerprint density at radius 1 is 0.800 bits per heavy atom. The van der Waals surface area contributed by atoms with Crippen molar-refractivity contribution in [2.24, 2.45) is 5.16 Å². The molecule has 1 N–H and O–H groups in total. The van der Waals surface area contributed by atoms with Gasteiger partial charge in [-0.15, -0.1) is 0 Å². The van der Waals surface area contributed by atoms with Crippen LogP contribution in [0.1, 0.15) is 36.8 Å². The molecule has 0 atom stereocenters. The number of hydrogen-bond donors (Lipinski definition) is 1. The Bertz CT molecular complexity index is 550. The van der Waals surface area contributed by atoms with Crippen molar-refractivity contribution in [2.75, 3.05) is 0 Å². The van der Waals surface area contributed by atoms with Crippen LogP contribution in [0.5, 0.6) is 0 Å². The standard InChI is InChI=1S/C18H19NO/c20-19-17-13-7-8-14-18(17,15-9-3-1-4-10-15)16-11-5-2-6-12-16/h1-6,9-12,20H,7-8,13-14H2/b19-17+. The molecule has 0 heterocycles. The topological polar surface area (TPSA) is 32.6 Å². The highest BCUT2D eigenvalue weighted by molar-refractivity contribution is 5.98. The van der Waals surface area contributed by atoms with E-state index in [0.29, 0.717) is 0 Å². The van der Waals surface area contributed by atoms with E-state index in [0.717, 1.165) is 31.4 Å². The first-order valence-electron chi connectivity index (χ1n) is 7.20. The van der Waals surface area contributed by atoms with Crippen LogP contribution in [0.25, 0.3) is 0 Å². The van der Waals surface area contributed by atoms with E-state index in [1.165, 1.54) is 11.1 Å². The maximum Gasteiger partial charge on any atom is 0.0720 e. The number of oxime groups is 1. The van der Waals surface area contributed by atoms with Crippen LogP contribution >= 0.6 is 0 Å². The van der Waals surface area contributed by atoms with Crippen molar-refractivity contribution in [3.05, 3.63) is 71.8 Å². The summed E-state index contributed by atoms with van der Waals surface area (Å²) in [4.78, 5) is 0. The zero-order valence-electron chi connectivity index (χ0n) is 11.5. The summed E-state index contributed by atoms with van der Waals surface area (Å²) >= 11 is 0. The van der Waals surface area contributed by atoms with E-state index in [1.807, 2.05) is 12.1 Å². The lowest BCUT2D eigenvalue weighted by Gasteiger charge is -2.39. The highest BCUT2D eigenvalue weighted by atomic mass is 16.4. The van der Waals surface area contributed by atoms with Crippen LogP contribution in [0.3, 0.4) is 0 Å². The molecule has 102 valence electrons. The van der Waals surface area contributed by atoms with Crippen LogP contribution in [-0.2, 0) is 5.41 Å². The van der Waals surface area contributed by atoms with Gasteiger partial charge in [0.1, 0.15) is 0 Å². The van der Waals surface area contributed by atoms with Gasteiger partial charge in [0.05, 0.1) is 11.1 Å². The largest absolute Gasteiger partial charge is 0.411 e. The quantitative estimate of drug-likeness (QED) is 0.634. The van der Waals surface area contributed by atoms with Crippen molar-refractivity contribution >= 4 is 5.71 Å². The fourth-order valence-corrected chi connectivity index (χ4v) is 3.41. The van der Waals surface area contributed by atoms with E-state index in [4.69, 9.17) is 0 Å². The molecule has 0 unspecified atom stereocenters. The van der Waals surface area contributed by atoms with Crippen LogP contribution in [-0.4, -0.2) is 10.9 Å². The minimum absolute atomic E-state index is 0.268. The predicted molar refractivity (Wildman–Crippen MR) is 81.4 cm³/mol. The third kappa shape index (κ3) is 2.01. The van der Waals surface area contributed by atoms with Crippen molar-refractivity contribution in [3.63, 3.8) is 0 Å². The molecule has 0 amide bonds. The highest BCUT2D eigenvalue weighted by Gasteiger charge is 2.41. The van der Waals surface area contributed by atoms with E-state index >= 15 is 0 Å². The second-order valence-electron chi connectivity index (χ2n) is 5.39. The van der Waals surface area contributed by atoms with Crippen molar-refractivity contribution in [3.8, 4) is 0 Å². The maximum atomic E-state index is 9.54. The van der Waals surface area contributed by atoms with E-state index < -0.39 is 0 Å². The Kier molecular flexibility index (Phi) is 3.55. The Labute approximate surface area is 119 Å². The molecule has 0 aliphatic heterocycles. The number of hydrogen-bond acceptors (Lipinski definition) is 2. The summed E-state index contributed by atoms with van der Waals surface area (Å²) in [6.45, 7) is 0. The number of nitrogens with zero attached hydrogens (tertiary/aromatic N) is 1. The second-order valence-corrected chi connectivity index (χ2v) is 5.39. The minimum atomic E-state index is -0.268. The summed E-state index contributed by atoms with van der Waals surface area (Å²) in [5.74, 6) is 0. The van der Waals surface area contributed by atoms with Crippen LogP contribution in [0.15, 0.2) is 65.8 Å². The van der Waals surface area contributed by atoms with Gasteiger partial charge in [0, 0.05) is 0 Å². The van der Waals surface area contributed by atoms with Gasteiger partial charge in [0.25, 0.3) is 0 Å². The van der Waals surface area contributed by atoms with Crippen molar-refractivity contribution in [1.82, 2.24) is 0 Å². The SMILES string of the molecule is O/N=C1\CCCCC1(c1ccccc1)c1ccccc1. The summed E-state index contributed by atoms with van der Waals surface area (Å²) in [5, 5.41) is 13.2. The molecule has 2 aromatic rings. The second kappa shape index (κ2) is 5.49. The zero-order chi connectivity index (χ0) is 13.8. The van der Waals surface area contributed by atoms with E-state index in [2.05, 4.69) is 53.7 Å². The third-order valence-electron chi connectivity index (χ3n) is 4.36. The Balaban J connectivity index is 2.22. The Hall–Kier alpha value is -2.09. The molecular weight excluding hydrogens is 246 g/mol. The van der Waals surface area contributed by atoms with Gasteiger partial charge in [0.2, 0.25) is 0 Å². The van der Waals surface area contributed by atoms with Gasteiger partial charge in [-0.1, -0.05) is 72.2 Å². The molecule has 0 spiro atoms. The van der Waals surface area contributed by atoms with E-state index in [-0.39, 0.29) is 5.41 Å². The molecular formula is C18H19NO. The molecule has 2 heteroatoms. The van der Waals surface area contributed by atoms with E-state index in [1.54, 1.807) is 0 Å². The molecule has 1 fully saturated rings. The van der Waals surface area contributed by atoms with Crippen LogP contribution in [0.2, 0.25) is 0 Å². The third-order valence-corrected chi connectivity index (χ3v) is 4.36. The first-order valence-corrected chi connectivity index (χ1v) is 7.20. The average molecular weight is 265 g/mol. The molecule has 2 nitrogen and oxygen atoms in total. The molecule has 3 rings (SSSR count). The predicted octanol–water partition coefficient (Wildman–Crippen LogP) is 4.38. The zero-order valence-corrected chi connectivity index (χ0v) is 11.5. The Morgan fingerprint density at radius 2 is 1.35 bits per heavy atom. The Morgan fingerprint density at radius 3 is 1.85 bits per heavy atom. The first kappa shape index (κ1) is 12.9. The molecule has 1 saturated carbocycles. The maximum absolute atomic E-state index is 9.54. The normalized spacial score (nSPS) is 19.9. The van der Waals surface area contributed by atoms with Gasteiger partial charge < -0.3 is 5.21 Å². The smallest absolute Gasteiger partial charge is 0.0720 e. The molecule has 0 saturated heterocycles. The average Bonchev–Trinajstić information content (AvgIpc) is 2.56. The van der Waals surface area contributed by atoms with Gasteiger partial charge >= 0.3 is 0 Å². The van der Waals surface area contributed by atoms with Gasteiger partial charge in [-0.05, 0) is 30.4 Å². The molecule has 1 aliphatic rings. The lowest BCUT2D eigenvalue weighted by Crippen LogP contribution is -2.40. The lowest BCUT2D eigenvalue weighted by atomic mass is 9.64. The summed E-state index contributed by atoms with van der Waals surface area (Å²) in [5.41, 5.74) is 3.06. The van der Waals surface area contributed by atoms with E-state index in [9.17, 15) is 5.21 Å². The summed E-state index contributed by atoms with van der Waals surface area (Å²) in [7, 11) is 0. The van der Waals surface area contributed by atoms with Crippen LogP contribution in [0, 0.1) is 0 Å². The highest BCUT2D eigenvalue weighted by Crippen LogP contribution is 2.43. The molecule has 2 aromatic carbocycles. The summed E-state index contributed by atoms with van der Waals surface area (Å²) < 4.78 is 0. The molecule has 0 bridgehead atoms. The van der Waals surface area contributed by atoms with Crippen molar-refractivity contribution < 1.29 is 5.21 Å². The van der Waals surface area contributed by atoms with Gasteiger partial charge in [0.15, 0.2) is 0 Å². The fourth-order valence-electron chi connectivity index (χ4n) is 3.41. The molecule has 0 aromatic heterocycles. The van der Waals surface area contributed by atoms with Crippen molar-refractivity contribution in [2.45, 2.75) is 31.1 Å². The summed E-state index contributed by atoms with van der Waals surface area (Å²) in [6.07, 6.45) is 4.12. The number of benzene rings is 2. The van der Waals surface area contributed by atoms with Crippen LogP contribution < -0.4 is 0 Å². The lowest BCUT2D eigenvalue weighted by molar-refractivity contribution is 0.308. The van der Waals surface area contributed by atoms with Gasteiger partial charge in [-0.3, -0.25) is 0 Å². The fraction of sp³-hybridized carbons (Fsp3) is 0.278. The van der Waals surface area contributed by atoms with Crippen LogP contribution in [0.4, 0.5) is 0 Å². The minimum Gasteiger partial charge on any atom is -0.411 e. The monoisotopic (exact) mass is 265 g/mol. The summed E-state index contributed by atoms with van der Waals surface area (Å²) in [6, 6.07) is 20.9. The molecule has 1 aliphatic carbocycles. The van der Waals surface area contributed by atoms with Crippen molar-refractivity contribution in [1.29, 1.82) is 0 Å². The first-order chi connectivity index (χ1) is 9.88. The molecule has 0 radical (unpaired) electrons. The number of rotatable bonds is 2. The van der Waals surface area contributed by atoms with Gasteiger partial charge in [-0.2, -0.15) is 0 Å². The molecule has 20 heavy (non-hydrogen) atoms. The van der Waals surface area contributed by atoms with Gasteiger partial charge in [-0.25, -0.2) is 0 Å².